The van der Waals surface area contributed by atoms with Crippen LogP contribution in [0.2, 0.25) is 0 Å². The Morgan fingerprint density at radius 3 is 2.43 bits per heavy atom. The molecule has 9 heteroatoms. The summed E-state index contributed by atoms with van der Waals surface area (Å²) >= 11 is 1.39. The zero-order chi connectivity index (χ0) is 24.5. The predicted octanol–water partition coefficient (Wildman–Crippen LogP) is 3.78. The van der Waals surface area contributed by atoms with Crippen LogP contribution >= 0.6 is 11.3 Å². The van der Waals surface area contributed by atoms with Gasteiger partial charge in [-0.2, -0.15) is 0 Å². The third kappa shape index (κ3) is 4.84. The van der Waals surface area contributed by atoms with Gasteiger partial charge < -0.3 is 10.1 Å². The minimum Gasteiger partial charge on any atom is -0.379 e. The maximum Gasteiger partial charge on any atom is 0.262 e. The molecule has 1 saturated heterocycles. The van der Waals surface area contributed by atoms with E-state index in [1.165, 1.54) is 16.9 Å². The molecule has 0 radical (unpaired) electrons. The molecular weight excluding hydrogens is 464 g/mol. The van der Waals surface area contributed by atoms with Gasteiger partial charge in [-0.25, -0.2) is 4.98 Å². The number of ether oxygens (including phenoxy) is 1. The number of amides is 3. The van der Waals surface area contributed by atoms with Crippen LogP contribution in [0, 0.1) is 5.92 Å². The zero-order valence-corrected chi connectivity index (χ0v) is 20.6. The lowest BCUT2D eigenvalue weighted by Gasteiger charge is -2.26. The Morgan fingerprint density at radius 2 is 1.77 bits per heavy atom. The van der Waals surface area contributed by atoms with Gasteiger partial charge in [0, 0.05) is 19.6 Å². The molecule has 5 rings (SSSR count). The molecule has 0 aliphatic carbocycles. The Kier molecular flexibility index (Phi) is 6.64. The maximum atomic E-state index is 13.4. The summed E-state index contributed by atoms with van der Waals surface area (Å²) in [5, 5.41) is 3.34. The number of thiazole rings is 1. The smallest absolute Gasteiger partial charge is 0.262 e. The molecule has 1 atom stereocenters. The Bertz CT molecular complexity index is 1250. The molecular formula is C26H28N4O4S. The monoisotopic (exact) mass is 492 g/mol. The third-order valence-electron chi connectivity index (χ3n) is 6.33. The van der Waals surface area contributed by atoms with Crippen LogP contribution in [-0.4, -0.2) is 64.9 Å². The number of rotatable bonds is 7. The lowest BCUT2D eigenvalue weighted by molar-refractivity contribution is -0.120. The van der Waals surface area contributed by atoms with Crippen molar-refractivity contribution in [2.45, 2.75) is 32.9 Å². The first-order valence-corrected chi connectivity index (χ1v) is 12.7. The number of hydrogen-bond acceptors (Lipinski definition) is 7. The van der Waals surface area contributed by atoms with Gasteiger partial charge in [0.1, 0.15) is 6.04 Å². The Hall–Kier alpha value is -3.14. The number of hydrogen-bond donors (Lipinski definition) is 1. The number of morpholine rings is 1. The number of carbonyl (C=O) groups is 3. The van der Waals surface area contributed by atoms with E-state index in [9.17, 15) is 14.4 Å². The van der Waals surface area contributed by atoms with Crippen LogP contribution < -0.4 is 5.32 Å². The quantitative estimate of drug-likeness (QED) is 0.505. The first-order chi connectivity index (χ1) is 16.9. The van der Waals surface area contributed by atoms with Gasteiger partial charge >= 0.3 is 0 Å². The second kappa shape index (κ2) is 9.85. The van der Waals surface area contributed by atoms with E-state index >= 15 is 0 Å². The van der Waals surface area contributed by atoms with Gasteiger partial charge in [0.15, 0.2) is 5.13 Å². The van der Waals surface area contributed by atoms with Gasteiger partial charge in [0.2, 0.25) is 5.91 Å². The maximum absolute atomic E-state index is 13.4. The molecule has 3 aromatic rings. The summed E-state index contributed by atoms with van der Waals surface area (Å²) in [7, 11) is 0. The largest absolute Gasteiger partial charge is 0.379 e. The topological polar surface area (TPSA) is 91.8 Å². The number of carbonyl (C=O) groups excluding carboxylic acids is 3. The van der Waals surface area contributed by atoms with Gasteiger partial charge in [-0.3, -0.25) is 24.2 Å². The van der Waals surface area contributed by atoms with Crippen molar-refractivity contribution >= 4 is 44.4 Å². The summed E-state index contributed by atoms with van der Waals surface area (Å²) < 4.78 is 6.40. The van der Waals surface area contributed by atoms with Crippen molar-refractivity contribution in [3.05, 3.63) is 59.2 Å². The number of benzene rings is 2. The summed E-state index contributed by atoms with van der Waals surface area (Å²) in [6.07, 6.45) is 0.367. The van der Waals surface area contributed by atoms with Crippen LogP contribution in [0.1, 0.15) is 46.5 Å². The van der Waals surface area contributed by atoms with E-state index in [4.69, 9.17) is 4.74 Å². The number of nitrogens with zero attached hydrogens (tertiary/aromatic N) is 3. The van der Waals surface area contributed by atoms with Gasteiger partial charge in [-0.1, -0.05) is 43.4 Å². The van der Waals surface area contributed by atoms with E-state index in [0.29, 0.717) is 22.7 Å². The number of fused-ring (bicyclic) bond motifs is 2. The number of anilines is 1. The standard InChI is InChI=1S/C26H28N4O4S/c1-16(2)13-21(30-24(32)18-5-3-4-6-19(18)25(30)33)23(31)28-26-27-20-8-7-17(14-22(20)35-26)15-29-9-11-34-12-10-29/h3-8,14,16,21H,9-13,15H2,1-2H3,(H,27,28,31). The molecule has 2 aliphatic rings. The fraction of sp³-hybridized carbons (Fsp3) is 0.385. The molecule has 3 heterocycles. The molecule has 2 aromatic carbocycles. The fourth-order valence-electron chi connectivity index (χ4n) is 4.59. The SMILES string of the molecule is CC(C)CC(C(=O)Nc1nc2ccc(CN3CCOCC3)cc2s1)N1C(=O)c2ccccc2C1=O. The summed E-state index contributed by atoms with van der Waals surface area (Å²) in [5.74, 6) is -1.15. The van der Waals surface area contributed by atoms with Crippen molar-refractivity contribution in [2.75, 3.05) is 31.6 Å². The first kappa shape index (κ1) is 23.6. The van der Waals surface area contributed by atoms with Crippen LogP contribution in [-0.2, 0) is 16.1 Å². The second-order valence-corrected chi connectivity index (χ2v) is 10.4. The molecule has 8 nitrogen and oxygen atoms in total. The molecule has 0 bridgehead atoms. The Morgan fingerprint density at radius 1 is 1.09 bits per heavy atom. The van der Waals surface area contributed by atoms with Gasteiger partial charge in [-0.05, 0) is 42.2 Å². The highest BCUT2D eigenvalue weighted by molar-refractivity contribution is 7.22. The number of imide groups is 1. The third-order valence-corrected chi connectivity index (χ3v) is 7.26. The molecule has 1 unspecified atom stereocenters. The van der Waals surface area contributed by atoms with Crippen molar-refractivity contribution in [2.24, 2.45) is 5.92 Å². The molecule has 0 saturated carbocycles. The van der Waals surface area contributed by atoms with E-state index < -0.39 is 23.8 Å². The lowest BCUT2D eigenvalue weighted by Crippen LogP contribution is -2.47. The summed E-state index contributed by atoms with van der Waals surface area (Å²) in [6.45, 7) is 8.11. The van der Waals surface area contributed by atoms with Crippen LogP contribution in [0.4, 0.5) is 5.13 Å². The molecule has 1 N–H and O–H groups in total. The molecule has 1 aromatic heterocycles. The summed E-state index contributed by atoms with van der Waals surface area (Å²) in [4.78, 5) is 47.5. The average Bonchev–Trinajstić information content (AvgIpc) is 3.35. The van der Waals surface area contributed by atoms with Crippen molar-refractivity contribution in [1.29, 1.82) is 0 Å². The summed E-state index contributed by atoms with van der Waals surface area (Å²) in [5.41, 5.74) is 2.67. The predicted molar refractivity (Wildman–Crippen MR) is 135 cm³/mol. The fourth-order valence-corrected chi connectivity index (χ4v) is 5.53. The minimum absolute atomic E-state index is 0.105. The van der Waals surface area contributed by atoms with Crippen molar-refractivity contribution in [3.8, 4) is 0 Å². The van der Waals surface area contributed by atoms with Crippen LogP contribution in [0.5, 0.6) is 0 Å². The average molecular weight is 493 g/mol. The van der Waals surface area contributed by atoms with Crippen LogP contribution in [0.15, 0.2) is 42.5 Å². The van der Waals surface area contributed by atoms with Gasteiger partial charge in [0.05, 0.1) is 34.6 Å². The highest BCUT2D eigenvalue weighted by atomic mass is 32.1. The normalized spacial score (nSPS) is 17.3. The van der Waals surface area contributed by atoms with E-state index in [2.05, 4.69) is 27.3 Å². The van der Waals surface area contributed by atoms with Crippen LogP contribution in [0.3, 0.4) is 0 Å². The summed E-state index contributed by atoms with van der Waals surface area (Å²) in [6, 6.07) is 11.9. The van der Waals surface area contributed by atoms with Crippen molar-refractivity contribution in [1.82, 2.24) is 14.8 Å². The second-order valence-electron chi connectivity index (χ2n) is 9.37. The minimum atomic E-state index is -0.911. The molecule has 182 valence electrons. The van der Waals surface area contributed by atoms with Gasteiger partial charge in [0.25, 0.3) is 11.8 Å². The van der Waals surface area contributed by atoms with E-state index in [1.54, 1.807) is 24.3 Å². The number of aromatic nitrogens is 1. The highest BCUT2D eigenvalue weighted by Crippen LogP contribution is 2.30. The van der Waals surface area contributed by atoms with E-state index in [0.717, 1.165) is 48.0 Å². The zero-order valence-electron chi connectivity index (χ0n) is 19.8. The molecule has 2 aliphatic heterocycles. The van der Waals surface area contributed by atoms with Gasteiger partial charge in [-0.15, -0.1) is 0 Å². The van der Waals surface area contributed by atoms with Crippen molar-refractivity contribution in [3.63, 3.8) is 0 Å². The molecule has 0 spiro atoms. The van der Waals surface area contributed by atoms with Crippen molar-refractivity contribution < 1.29 is 19.1 Å². The number of nitrogens with one attached hydrogen (secondary N) is 1. The van der Waals surface area contributed by atoms with E-state index in [-0.39, 0.29) is 5.92 Å². The lowest BCUT2D eigenvalue weighted by atomic mass is 10.0. The van der Waals surface area contributed by atoms with E-state index in [1.807, 2.05) is 19.9 Å². The first-order valence-electron chi connectivity index (χ1n) is 11.9. The molecule has 3 amide bonds. The Balaban J connectivity index is 1.35. The molecule has 1 fully saturated rings. The molecule has 35 heavy (non-hydrogen) atoms. The Labute approximate surface area is 207 Å². The highest BCUT2D eigenvalue weighted by Gasteiger charge is 2.42. The van der Waals surface area contributed by atoms with Crippen LogP contribution in [0.25, 0.3) is 10.2 Å².